The topological polar surface area (TPSA) is 76.8 Å². The highest BCUT2D eigenvalue weighted by atomic mass is 19.4. The minimum absolute atomic E-state index is 0.00300. The molecule has 1 unspecified atom stereocenters. The van der Waals surface area contributed by atoms with Gasteiger partial charge in [0.05, 0.1) is 36.0 Å². The summed E-state index contributed by atoms with van der Waals surface area (Å²) in [5, 5.41) is 9.21. The molecule has 0 saturated carbocycles. The number of aromatic nitrogens is 4. The fourth-order valence-corrected chi connectivity index (χ4v) is 4.17. The molecule has 5 rings (SSSR count). The zero-order chi connectivity index (χ0) is 23.2. The second kappa shape index (κ2) is 7.80. The highest BCUT2D eigenvalue weighted by Crippen LogP contribution is 2.39. The number of hydrogen-bond donors (Lipinski definition) is 2. The Balaban J connectivity index is 1.33. The van der Waals surface area contributed by atoms with Gasteiger partial charge in [0.1, 0.15) is 0 Å². The van der Waals surface area contributed by atoms with Crippen molar-refractivity contribution in [1.82, 2.24) is 24.6 Å². The Kier molecular flexibility index (Phi) is 4.92. The highest BCUT2D eigenvalue weighted by Gasteiger charge is 2.34. The van der Waals surface area contributed by atoms with Gasteiger partial charge in [-0.25, -0.2) is 9.78 Å². The second-order valence-electron chi connectivity index (χ2n) is 7.79. The van der Waals surface area contributed by atoms with E-state index in [1.165, 1.54) is 29.2 Å². The third-order valence-corrected chi connectivity index (χ3v) is 5.65. The van der Waals surface area contributed by atoms with Crippen LogP contribution in [0.1, 0.15) is 17.2 Å². The predicted octanol–water partition coefficient (Wildman–Crippen LogP) is 4.69. The van der Waals surface area contributed by atoms with E-state index in [2.05, 4.69) is 20.7 Å². The van der Waals surface area contributed by atoms with E-state index in [9.17, 15) is 18.0 Å². The molecular formula is C23H19F3N6O. The number of aryl methyl sites for hydroxylation is 1. The van der Waals surface area contributed by atoms with Crippen molar-refractivity contribution >= 4 is 11.7 Å². The molecule has 2 aromatic carbocycles. The average molecular weight is 452 g/mol. The molecule has 0 spiro atoms. The molecule has 3 heterocycles. The number of benzene rings is 2. The van der Waals surface area contributed by atoms with E-state index in [-0.39, 0.29) is 23.8 Å². The van der Waals surface area contributed by atoms with Gasteiger partial charge in [0, 0.05) is 36.6 Å². The SMILES string of the molecule is Cn1cc(-c2ccc(NC(=O)NCC3c4ccccc4-c4cncn43)cc2C(F)(F)F)cn1. The lowest BCUT2D eigenvalue weighted by molar-refractivity contribution is -0.137. The van der Waals surface area contributed by atoms with Crippen molar-refractivity contribution in [3.8, 4) is 22.4 Å². The van der Waals surface area contributed by atoms with Gasteiger partial charge in [0.25, 0.3) is 0 Å². The number of rotatable bonds is 4. The number of alkyl halides is 3. The zero-order valence-corrected chi connectivity index (χ0v) is 17.5. The van der Waals surface area contributed by atoms with Crippen LogP contribution in [0.4, 0.5) is 23.7 Å². The van der Waals surface area contributed by atoms with Crippen LogP contribution in [-0.4, -0.2) is 31.9 Å². The molecule has 1 aliphatic heterocycles. The number of halogens is 3. The molecule has 1 aliphatic rings. The monoisotopic (exact) mass is 452 g/mol. The Morgan fingerprint density at radius 2 is 1.94 bits per heavy atom. The second-order valence-corrected chi connectivity index (χ2v) is 7.79. The van der Waals surface area contributed by atoms with Crippen molar-refractivity contribution in [2.45, 2.75) is 12.2 Å². The number of nitrogens with one attached hydrogen (secondary N) is 2. The van der Waals surface area contributed by atoms with Crippen molar-refractivity contribution < 1.29 is 18.0 Å². The van der Waals surface area contributed by atoms with Crippen LogP contribution in [0.3, 0.4) is 0 Å². The van der Waals surface area contributed by atoms with Crippen LogP contribution < -0.4 is 10.6 Å². The molecule has 33 heavy (non-hydrogen) atoms. The van der Waals surface area contributed by atoms with Crippen molar-refractivity contribution in [3.05, 3.63) is 78.5 Å². The molecule has 0 radical (unpaired) electrons. The Bertz CT molecular complexity index is 1340. The number of nitrogens with zero attached hydrogens (tertiary/aromatic N) is 4. The summed E-state index contributed by atoms with van der Waals surface area (Å²) in [7, 11) is 1.63. The van der Waals surface area contributed by atoms with E-state index < -0.39 is 17.8 Å². The number of carbonyl (C=O) groups is 1. The summed E-state index contributed by atoms with van der Waals surface area (Å²) >= 11 is 0. The minimum atomic E-state index is -4.59. The number of carbonyl (C=O) groups excluding carboxylic acids is 1. The number of anilines is 1. The number of hydrogen-bond acceptors (Lipinski definition) is 3. The molecule has 0 fully saturated rings. The normalized spacial score (nSPS) is 14.6. The van der Waals surface area contributed by atoms with Gasteiger partial charge in [-0.1, -0.05) is 30.3 Å². The van der Waals surface area contributed by atoms with Gasteiger partial charge in [0.2, 0.25) is 0 Å². The molecule has 10 heteroatoms. The number of fused-ring (bicyclic) bond motifs is 3. The standard InChI is InChI=1S/C23H19F3N6O/c1-31-12-14(9-29-31)16-7-6-15(8-19(16)23(24,25)26)30-22(33)28-11-21-18-5-3-2-4-17(18)20-10-27-13-32(20)21/h2-10,12-13,21H,11H2,1H3,(H2,28,30,33). The molecule has 4 aromatic rings. The summed E-state index contributed by atoms with van der Waals surface area (Å²) in [5.74, 6) is 0. The van der Waals surface area contributed by atoms with E-state index >= 15 is 0 Å². The van der Waals surface area contributed by atoms with Crippen molar-refractivity contribution in [2.75, 3.05) is 11.9 Å². The van der Waals surface area contributed by atoms with Gasteiger partial charge in [-0.2, -0.15) is 18.3 Å². The zero-order valence-electron chi connectivity index (χ0n) is 17.5. The summed E-state index contributed by atoms with van der Waals surface area (Å²) in [5.41, 5.74) is 2.59. The fourth-order valence-electron chi connectivity index (χ4n) is 4.17. The molecule has 168 valence electrons. The van der Waals surface area contributed by atoms with Crippen LogP contribution in [-0.2, 0) is 13.2 Å². The first-order valence-electron chi connectivity index (χ1n) is 10.2. The van der Waals surface area contributed by atoms with Crippen LogP contribution in [0.25, 0.3) is 22.4 Å². The van der Waals surface area contributed by atoms with Crippen LogP contribution in [0, 0.1) is 0 Å². The maximum absolute atomic E-state index is 13.7. The molecule has 0 saturated heterocycles. The molecule has 0 aliphatic carbocycles. The Hall–Kier alpha value is -4.08. The van der Waals surface area contributed by atoms with E-state index in [0.29, 0.717) is 5.56 Å². The summed E-state index contributed by atoms with van der Waals surface area (Å²) < 4.78 is 44.5. The van der Waals surface area contributed by atoms with E-state index in [0.717, 1.165) is 22.9 Å². The third-order valence-electron chi connectivity index (χ3n) is 5.65. The number of urea groups is 1. The van der Waals surface area contributed by atoms with E-state index in [1.54, 1.807) is 19.6 Å². The Morgan fingerprint density at radius 3 is 2.70 bits per heavy atom. The minimum Gasteiger partial charge on any atom is -0.335 e. The van der Waals surface area contributed by atoms with Gasteiger partial charge < -0.3 is 15.2 Å². The van der Waals surface area contributed by atoms with Gasteiger partial charge in [-0.15, -0.1) is 0 Å². The fraction of sp³-hybridized carbons (Fsp3) is 0.174. The van der Waals surface area contributed by atoms with Crippen molar-refractivity contribution in [1.29, 1.82) is 0 Å². The van der Waals surface area contributed by atoms with Crippen LogP contribution in [0.15, 0.2) is 67.4 Å². The molecule has 2 amide bonds. The van der Waals surface area contributed by atoms with Crippen molar-refractivity contribution in [2.24, 2.45) is 7.05 Å². The van der Waals surface area contributed by atoms with E-state index in [1.807, 2.05) is 28.8 Å². The molecule has 1 atom stereocenters. The van der Waals surface area contributed by atoms with Gasteiger partial charge in [-0.05, 0) is 23.3 Å². The lowest BCUT2D eigenvalue weighted by atomic mass is 10.0. The Labute approximate surface area is 186 Å². The highest BCUT2D eigenvalue weighted by molar-refractivity contribution is 5.90. The molecule has 0 bridgehead atoms. The lowest BCUT2D eigenvalue weighted by Gasteiger charge is -2.17. The molecular weight excluding hydrogens is 433 g/mol. The van der Waals surface area contributed by atoms with Gasteiger partial charge in [-0.3, -0.25) is 4.68 Å². The summed E-state index contributed by atoms with van der Waals surface area (Å²) in [6, 6.07) is 10.8. The Morgan fingerprint density at radius 1 is 1.12 bits per heavy atom. The molecule has 2 aromatic heterocycles. The predicted molar refractivity (Wildman–Crippen MR) is 116 cm³/mol. The summed E-state index contributed by atoms with van der Waals surface area (Å²) in [4.78, 5) is 16.7. The smallest absolute Gasteiger partial charge is 0.335 e. The maximum atomic E-state index is 13.7. The van der Waals surface area contributed by atoms with Crippen LogP contribution >= 0.6 is 0 Å². The first kappa shape index (κ1) is 20.8. The third kappa shape index (κ3) is 3.84. The summed E-state index contributed by atoms with van der Waals surface area (Å²) in [6.07, 6.45) is 1.75. The van der Waals surface area contributed by atoms with Gasteiger partial charge in [0.15, 0.2) is 0 Å². The quantitative estimate of drug-likeness (QED) is 0.472. The largest absolute Gasteiger partial charge is 0.417 e. The van der Waals surface area contributed by atoms with Crippen LogP contribution in [0.5, 0.6) is 0 Å². The van der Waals surface area contributed by atoms with Crippen LogP contribution in [0.2, 0.25) is 0 Å². The van der Waals surface area contributed by atoms with E-state index in [4.69, 9.17) is 0 Å². The average Bonchev–Trinajstić information content (AvgIpc) is 3.48. The number of amides is 2. The number of imidazole rings is 1. The first-order valence-corrected chi connectivity index (χ1v) is 10.2. The van der Waals surface area contributed by atoms with Crippen molar-refractivity contribution in [3.63, 3.8) is 0 Å². The summed E-state index contributed by atoms with van der Waals surface area (Å²) in [6.45, 7) is 0.256. The lowest BCUT2D eigenvalue weighted by Crippen LogP contribution is -2.33. The molecule has 2 N–H and O–H groups in total. The van der Waals surface area contributed by atoms with Gasteiger partial charge >= 0.3 is 12.2 Å². The first-order chi connectivity index (χ1) is 15.8. The molecule has 7 nitrogen and oxygen atoms in total. The maximum Gasteiger partial charge on any atom is 0.417 e.